The summed E-state index contributed by atoms with van der Waals surface area (Å²) in [7, 11) is 0. The molecule has 4 nitrogen and oxygen atoms in total. The number of halogens is 1. The summed E-state index contributed by atoms with van der Waals surface area (Å²) in [5.41, 5.74) is 5.98. The highest BCUT2D eigenvalue weighted by atomic mass is 35.5. The lowest BCUT2D eigenvalue weighted by Crippen LogP contribution is -1.92. The van der Waals surface area contributed by atoms with Crippen molar-refractivity contribution in [3.05, 3.63) is 23.6 Å². The molecule has 2 rings (SSSR count). The highest BCUT2D eigenvalue weighted by Crippen LogP contribution is 2.17. The first-order valence-electron chi connectivity index (χ1n) is 3.30. The van der Waals surface area contributed by atoms with Crippen LogP contribution in [-0.4, -0.2) is 15.0 Å². The average molecular weight is 181 g/mol. The topological polar surface area (TPSA) is 64.7 Å². The maximum absolute atomic E-state index is 5.78. The summed E-state index contributed by atoms with van der Waals surface area (Å²) in [6, 6.07) is 3.41. The number of hydrogen-bond donors (Lipinski definition) is 1. The van der Waals surface area contributed by atoms with E-state index in [1.54, 1.807) is 12.1 Å². The minimum atomic E-state index is 0.396. The van der Waals surface area contributed by atoms with Gasteiger partial charge in [-0.2, -0.15) is 0 Å². The molecule has 0 fully saturated rings. The minimum absolute atomic E-state index is 0.396. The van der Waals surface area contributed by atoms with Crippen molar-refractivity contribution >= 4 is 28.5 Å². The van der Waals surface area contributed by atoms with Crippen LogP contribution in [0.3, 0.4) is 0 Å². The van der Waals surface area contributed by atoms with Crippen molar-refractivity contribution in [1.29, 1.82) is 0 Å². The molecule has 0 aromatic carbocycles. The lowest BCUT2D eigenvalue weighted by Gasteiger charge is -1.97. The van der Waals surface area contributed by atoms with Gasteiger partial charge in [-0.1, -0.05) is 11.6 Å². The highest BCUT2D eigenvalue weighted by Gasteiger charge is 2.00. The van der Waals surface area contributed by atoms with Crippen molar-refractivity contribution in [3.63, 3.8) is 0 Å². The average Bonchev–Trinajstić information content (AvgIpc) is 2.04. The Hall–Kier alpha value is -1.42. The molecular weight excluding hydrogens is 176 g/mol. The molecule has 0 bridgehead atoms. The SMILES string of the molecule is Nc1ccc2c(Cl)ncnc2n1. The van der Waals surface area contributed by atoms with Gasteiger partial charge in [0.2, 0.25) is 0 Å². The molecule has 2 heterocycles. The third-order valence-electron chi connectivity index (χ3n) is 1.47. The maximum atomic E-state index is 5.78. The summed E-state index contributed by atoms with van der Waals surface area (Å²) < 4.78 is 0. The van der Waals surface area contributed by atoms with E-state index < -0.39 is 0 Å². The molecule has 0 saturated heterocycles. The van der Waals surface area contributed by atoms with E-state index in [9.17, 15) is 0 Å². The van der Waals surface area contributed by atoms with Crippen LogP contribution in [0.2, 0.25) is 5.15 Å². The van der Waals surface area contributed by atoms with Gasteiger partial charge in [0.25, 0.3) is 0 Å². The minimum Gasteiger partial charge on any atom is -0.384 e. The van der Waals surface area contributed by atoms with Crippen LogP contribution in [0.15, 0.2) is 18.5 Å². The predicted octanol–water partition coefficient (Wildman–Crippen LogP) is 1.26. The largest absolute Gasteiger partial charge is 0.384 e. The van der Waals surface area contributed by atoms with Gasteiger partial charge in [0.15, 0.2) is 5.65 Å². The summed E-state index contributed by atoms with van der Waals surface area (Å²) in [4.78, 5) is 11.7. The lowest BCUT2D eigenvalue weighted by molar-refractivity contribution is 1.18. The van der Waals surface area contributed by atoms with Crippen molar-refractivity contribution in [2.75, 3.05) is 5.73 Å². The molecule has 0 radical (unpaired) electrons. The zero-order chi connectivity index (χ0) is 8.55. The molecule has 0 aliphatic rings. The number of hydrogen-bond acceptors (Lipinski definition) is 4. The molecule has 0 amide bonds. The number of nitrogen functional groups attached to an aromatic ring is 1. The van der Waals surface area contributed by atoms with Gasteiger partial charge < -0.3 is 5.73 Å². The van der Waals surface area contributed by atoms with Crippen molar-refractivity contribution in [3.8, 4) is 0 Å². The van der Waals surface area contributed by atoms with E-state index in [0.29, 0.717) is 22.0 Å². The molecular formula is C7H5ClN4. The molecule has 2 aromatic heterocycles. The molecule has 12 heavy (non-hydrogen) atoms. The monoisotopic (exact) mass is 180 g/mol. The molecule has 0 saturated carbocycles. The van der Waals surface area contributed by atoms with Crippen molar-refractivity contribution in [2.24, 2.45) is 0 Å². The summed E-state index contributed by atoms with van der Waals surface area (Å²) in [5.74, 6) is 0.428. The van der Waals surface area contributed by atoms with E-state index in [2.05, 4.69) is 15.0 Å². The Balaban J connectivity index is 2.86. The van der Waals surface area contributed by atoms with Gasteiger partial charge in [-0.3, -0.25) is 0 Å². The number of rotatable bonds is 0. The van der Waals surface area contributed by atoms with E-state index in [4.69, 9.17) is 17.3 Å². The van der Waals surface area contributed by atoms with Crippen LogP contribution in [0.4, 0.5) is 5.82 Å². The van der Waals surface area contributed by atoms with E-state index in [0.717, 1.165) is 0 Å². The fraction of sp³-hybridized carbons (Fsp3) is 0. The van der Waals surface area contributed by atoms with Gasteiger partial charge in [-0.15, -0.1) is 0 Å². The Labute approximate surface area is 73.4 Å². The normalized spacial score (nSPS) is 10.4. The fourth-order valence-corrected chi connectivity index (χ4v) is 1.12. The smallest absolute Gasteiger partial charge is 0.166 e. The van der Waals surface area contributed by atoms with E-state index >= 15 is 0 Å². The molecule has 0 aliphatic heterocycles. The second-order valence-corrected chi connectivity index (χ2v) is 2.63. The Morgan fingerprint density at radius 2 is 2.08 bits per heavy atom. The maximum Gasteiger partial charge on any atom is 0.166 e. The Bertz CT molecular complexity index is 429. The summed E-state index contributed by atoms with van der Waals surface area (Å²) in [6.45, 7) is 0. The molecule has 2 N–H and O–H groups in total. The molecule has 0 atom stereocenters. The van der Waals surface area contributed by atoms with Gasteiger partial charge in [-0.05, 0) is 12.1 Å². The molecule has 2 aromatic rings. The standard InChI is InChI=1S/C7H5ClN4/c8-6-4-1-2-5(9)12-7(4)11-3-10-6/h1-3H,(H2,9,10,11,12). The van der Waals surface area contributed by atoms with Gasteiger partial charge in [0.05, 0.1) is 5.39 Å². The summed E-state index contributed by atoms with van der Waals surface area (Å²) in [6.07, 6.45) is 1.36. The molecule has 60 valence electrons. The zero-order valence-corrected chi connectivity index (χ0v) is 6.78. The second-order valence-electron chi connectivity index (χ2n) is 2.27. The highest BCUT2D eigenvalue weighted by molar-refractivity contribution is 6.33. The Morgan fingerprint density at radius 1 is 1.25 bits per heavy atom. The summed E-state index contributed by atoms with van der Waals surface area (Å²) >= 11 is 5.78. The van der Waals surface area contributed by atoms with E-state index in [1.807, 2.05) is 0 Å². The number of fused-ring (bicyclic) bond motifs is 1. The van der Waals surface area contributed by atoms with Gasteiger partial charge in [-0.25, -0.2) is 15.0 Å². The third-order valence-corrected chi connectivity index (χ3v) is 1.77. The van der Waals surface area contributed by atoms with Gasteiger partial charge in [0, 0.05) is 0 Å². The van der Waals surface area contributed by atoms with Gasteiger partial charge in [0.1, 0.15) is 17.3 Å². The second kappa shape index (κ2) is 2.57. The number of pyridine rings is 1. The van der Waals surface area contributed by atoms with Crippen molar-refractivity contribution in [1.82, 2.24) is 15.0 Å². The molecule has 0 aliphatic carbocycles. The van der Waals surface area contributed by atoms with Crippen LogP contribution >= 0.6 is 11.6 Å². The third kappa shape index (κ3) is 1.06. The number of nitrogens with zero attached hydrogens (tertiary/aromatic N) is 3. The molecule has 5 heteroatoms. The van der Waals surface area contributed by atoms with Crippen molar-refractivity contribution < 1.29 is 0 Å². The first-order valence-corrected chi connectivity index (χ1v) is 3.68. The predicted molar refractivity (Wildman–Crippen MR) is 46.8 cm³/mol. The quantitative estimate of drug-likeness (QED) is 0.620. The Morgan fingerprint density at radius 3 is 2.92 bits per heavy atom. The first kappa shape index (κ1) is 7.24. The first-order chi connectivity index (χ1) is 5.77. The number of nitrogens with two attached hydrogens (primary N) is 1. The van der Waals surface area contributed by atoms with Crippen LogP contribution < -0.4 is 5.73 Å². The number of anilines is 1. The summed E-state index contributed by atoms with van der Waals surface area (Å²) in [5, 5.41) is 1.11. The Kier molecular flexibility index (Phi) is 1.55. The lowest BCUT2D eigenvalue weighted by atomic mass is 10.3. The van der Waals surface area contributed by atoms with Crippen molar-refractivity contribution in [2.45, 2.75) is 0 Å². The molecule has 0 unspecified atom stereocenters. The van der Waals surface area contributed by atoms with Crippen LogP contribution in [0.25, 0.3) is 11.0 Å². The van der Waals surface area contributed by atoms with Crippen LogP contribution in [0, 0.1) is 0 Å². The van der Waals surface area contributed by atoms with Crippen LogP contribution in [0.1, 0.15) is 0 Å². The fourth-order valence-electron chi connectivity index (χ4n) is 0.926. The van der Waals surface area contributed by atoms with Crippen LogP contribution in [0.5, 0.6) is 0 Å². The van der Waals surface area contributed by atoms with Crippen LogP contribution in [-0.2, 0) is 0 Å². The number of aromatic nitrogens is 3. The van der Waals surface area contributed by atoms with E-state index in [-0.39, 0.29) is 0 Å². The van der Waals surface area contributed by atoms with E-state index in [1.165, 1.54) is 6.33 Å². The molecule has 0 spiro atoms. The zero-order valence-electron chi connectivity index (χ0n) is 6.03. The van der Waals surface area contributed by atoms with Gasteiger partial charge >= 0.3 is 0 Å².